The SMILES string of the molecule is CCOC(=O)CC(c1cc(CN2C[C@@H](CC)Oc3ncc(Cl)cc3S2(O)O)c2sccc2c1)c1cc(Cl)c2c(nnn2C)c1C. The summed E-state index contributed by atoms with van der Waals surface area (Å²) in [5.41, 5.74) is 4.84. The number of hydrogen-bond donors (Lipinski definition) is 2. The molecule has 0 bridgehead atoms. The van der Waals surface area contributed by atoms with Gasteiger partial charge in [0.15, 0.2) is 0 Å². The number of nitrogens with zero attached hydrogens (tertiary/aromatic N) is 5. The second kappa shape index (κ2) is 12.7. The highest BCUT2D eigenvalue weighted by Crippen LogP contribution is 2.58. The first-order chi connectivity index (χ1) is 21.5. The van der Waals surface area contributed by atoms with E-state index >= 15 is 0 Å². The van der Waals surface area contributed by atoms with Gasteiger partial charge in [0.25, 0.3) is 0 Å². The molecule has 45 heavy (non-hydrogen) atoms. The molecule has 14 heteroatoms. The van der Waals surface area contributed by atoms with Gasteiger partial charge < -0.3 is 9.47 Å². The van der Waals surface area contributed by atoms with Gasteiger partial charge in [0.2, 0.25) is 5.88 Å². The zero-order valence-electron chi connectivity index (χ0n) is 25.2. The normalized spacial score (nSPS) is 17.9. The highest BCUT2D eigenvalue weighted by atomic mass is 35.5. The molecule has 0 saturated heterocycles. The number of carbonyl (C=O) groups is 1. The van der Waals surface area contributed by atoms with Gasteiger partial charge in [-0.15, -0.1) is 27.2 Å². The molecule has 238 valence electrons. The quantitative estimate of drug-likeness (QED) is 0.156. The van der Waals surface area contributed by atoms with Gasteiger partial charge in [0.1, 0.15) is 22.0 Å². The lowest BCUT2D eigenvalue weighted by Gasteiger charge is -2.41. The molecule has 10 nitrogen and oxygen atoms in total. The van der Waals surface area contributed by atoms with Gasteiger partial charge in [-0.1, -0.05) is 41.4 Å². The zero-order chi connectivity index (χ0) is 32.0. The number of benzene rings is 2. The summed E-state index contributed by atoms with van der Waals surface area (Å²) >= 11 is 14.6. The molecule has 2 atom stereocenters. The van der Waals surface area contributed by atoms with Gasteiger partial charge in [-0.05, 0) is 77.6 Å². The predicted octanol–water partition coefficient (Wildman–Crippen LogP) is 7.98. The third-order valence-corrected chi connectivity index (χ3v) is 11.5. The smallest absolute Gasteiger partial charge is 0.306 e. The second-order valence-electron chi connectivity index (χ2n) is 11.0. The van der Waals surface area contributed by atoms with E-state index in [1.165, 1.54) is 12.3 Å². The van der Waals surface area contributed by atoms with Crippen LogP contribution < -0.4 is 4.74 Å². The number of thiophene rings is 1. The number of halogens is 2. The molecule has 1 aliphatic heterocycles. The van der Waals surface area contributed by atoms with Crippen LogP contribution >= 0.6 is 45.3 Å². The molecule has 0 aliphatic carbocycles. The van der Waals surface area contributed by atoms with E-state index in [9.17, 15) is 13.9 Å². The van der Waals surface area contributed by atoms with Crippen LogP contribution in [0.1, 0.15) is 54.9 Å². The number of ether oxygens (including phenoxy) is 2. The Balaban J connectivity index is 1.48. The summed E-state index contributed by atoms with van der Waals surface area (Å²) in [6.07, 6.45) is 1.83. The van der Waals surface area contributed by atoms with Crippen molar-refractivity contribution in [2.24, 2.45) is 7.05 Å². The Morgan fingerprint density at radius 3 is 2.80 bits per heavy atom. The van der Waals surface area contributed by atoms with Crippen LogP contribution in [0, 0.1) is 6.92 Å². The van der Waals surface area contributed by atoms with Crippen molar-refractivity contribution in [2.75, 3.05) is 13.2 Å². The Labute approximate surface area is 276 Å². The van der Waals surface area contributed by atoms with Gasteiger partial charge in [-0.25, -0.2) is 9.67 Å². The molecule has 6 rings (SSSR count). The van der Waals surface area contributed by atoms with Gasteiger partial charge in [-0.2, -0.15) is 4.31 Å². The van der Waals surface area contributed by atoms with E-state index in [1.54, 1.807) is 34.3 Å². The van der Waals surface area contributed by atoms with Gasteiger partial charge in [0, 0.05) is 30.4 Å². The summed E-state index contributed by atoms with van der Waals surface area (Å²) in [4.78, 5) is 17.5. The highest BCUT2D eigenvalue weighted by Gasteiger charge is 2.36. The molecule has 0 fully saturated rings. The highest BCUT2D eigenvalue weighted by molar-refractivity contribution is 8.22. The average Bonchev–Trinajstić information content (AvgIpc) is 3.62. The fourth-order valence-electron chi connectivity index (χ4n) is 5.90. The van der Waals surface area contributed by atoms with Crippen molar-refractivity contribution in [1.29, 1.82) is 0 Å². The molecule has 4 heterocycles. The van der Waals surface area contributed by atoms with Gasteiger partial charge in [0.05, 0.1) is 29.6 Å². The monoisotopic (exact) mass is 689 g/mol. The van der Waals surface area contributed by atoms with Crippen LogP contribution in [0.3, 0.4) is 0 Å². The molecule has 0 saturated carbocycles. The summed E-state index contributed by atoms with van der Waals surface area (Å²) < 4.78 is 39.2. The van der Waals surface area contributed by atoms with E-state index in [2.05, 4.69) is 21.4 Å². The Hall–Kier alpha value is -2.97. The number of hydrogen-bond acceptors (Lipinski definition) is 10. The van der Waals surface area contributed by atoms with Crippen LogP contribution in [0.25, 0.3) is 21.1 Å². The summed E-state index contributed by atoms with van der Waals surface area (Å²) in [6.45, 7) is 6.44. The lowest BCUT2D eigenvalue weighted by atomic mass is 9.84. The minimum absolute atomic E-state index is 0.0774. The van der Waals surface area contributed by atoms with Crippen LogP contribution in [0.15, 0.2) is 46.8 Å². The van der Waals surface area contributed by atoms with Crippen molar-refractivity contribution in [2.45, 2.75) is 57.1 Å². The minimum Gasteiger partial charge on any atom is -0.472 e. The van der Waals surface area contributed by atoms with E-state index in [1.807, 2.05) is 37.4 Å². The van der Waals surface area contributed by atoms with Crippen molar-refractivity contribution in [3.63, 3.8) is 0 Å². The van der Waals surface area contributed by atoms with E-state index < -0.39 is 16.7 Å². The molecule has 5 aromatic rings. The van der Waals surface area contributed by atoms with Crippen LogP contribution in [0.5, 0.6) is 5.88 Å². The molecule has 2 aromatic carbocycles. The van der Waals surface area contributed by atoms with Crippen molar-refractivity contribution < 1.29 is 23.4 Å². The summed E-state index contributed by atoms with van der Waals surface area (Å²) in [6, 6.07) is 9.52. The number of rotatable bonds is 8. The Morgan fingerprint density at radius 2 is 2.04 bits per heavy atom. The van der Waals surface area contributed by atoms with Crippen LogP contribution in [0.2, 0.25) is 10.0 Å². The van der Waals surface area contributed by atoms with Crippen molar-refractivity contribution in [1.82, 2.24) is 24.3 Å². The zero-order valence-corrected chi connectivity index (χ0v) is 28.3. The third kappa shape index (κ3) is 6.00. The Kier molecular flexibility index (Phi) is 9.01. The standard InChI is InChI=1S/C31H33Cl2N5O5S2/c1-5-22-16-38(45(40,41)26-11-21(32)14-34-31(26)43-22)15-20-10-19(9-18-7-8-44-30(18)20)24(13-27(39)42-6-2)23-12-25(33)29-28(17(23)3)35-36-37(29)4/h7-12,14,22,24,40-41H,5-6,13,15-16H2,1-4H3/t22-,24?/m1/s1. The van der Waals surface area contributed by atoms with E-state index in [0.29, 0.717) is 17.0 Å². The fourth-order valence-corrected chi connectivity index (χ4v) is 8.93. The van der Waals surface area contributed by atoms with Crippen molar-refractivity contribution >= 4 is 72.4 Å². The lowest BCUT2D eigenvalue weighted by Crippen LogP contribution is -2.34. The summed E-state index contributed by atoms with van der Waals surface area (Å²) in [7, 11) is -1.74. The number of aromatic nitrogens is 4. The summed E-state index contributed by atoms with van der Waals surface area (Å²) in [5.74, 6) is -0.587. The molecule has 1 aliphatic rings. The van der Waals surface area contributed by atoms with Crippen LogP contribution in [-0.2, 0) is 23.1 Å². The molecule has 3 aromatic heterocycles. The maximum absolute atomic E-state index is 13.0. The largest absolute Gasteiger partial charge is 0.472 e. The second-order valence-corrected chi connectivity index (χ2v) is 14.8. The van der Waals surface area contributed by atoms with Gasteiger partial charge in [-0.3, -0.25) is 13.9 Å². The molecule has 2 N–H and O–H groups in total. The van der Waals surface area contributed by atoms with E-state index in [4.69, 9.17) is 32.7 Å². The molecule has 1 unspecified atom stereocenters. The van der Waals surface area contributed by atoms with Crippen molar-refractivity contribution in [3.05, 3.63) is 74.2 Å². The molecular weight excluding hydrogens is 657 g/mol. The third-order valence-electron chi connectivity index (χ3n) is 8.16. The molecule has 0 radical (unpaired) electrons. The van der Waals surface area contributed by atoms with Crippen molar-refractivity contribution in [3.8, 4) is 5.88 Å². The molecule has 0 amide bonds. The predicted molar refractivity (Wildman–Crippen MR) is 179 cm³/mol. The van der Waals surface area contributed by atoms with Crippen LogP contribution in [-0.4, -0.2) is 58.6 Å². The molecule has 0 spiro atoms. The fraction of sp³-hybridized carbons (Fsp3) is 0.355. The first kappa shape index (κ1) is 32.0. The maximum Gasteiger partial charge on any atom is 0.306 e. The lowest BCUT2D eigenvalue weighted by molar-refractivity contribution is -0.143. The van der Waals surface area contributed by atoms with Crippen LogP contribution in [0.4, 0.5) is 0 Å². The number of aryl methyl sites for hydroxylation is 2. The first-order valence-corrected chi connectivity index (χ1v) is 17.6. The van der Waals surface area contributed by atoms with E-state index in [-0.39, 0.29) is 54.0 Å². The summed E-state index contributed by atoms with van der Waals surface area (Å²) in [5, 5.41) is 12.3. The first-order valence-electron chi connectivity index (χ1n) is 14.5. The average molecular weight is 691 g/mol. The maximum atomic E-state index is 13.0. The Morgan fingerprint density at radius 1 is 1.24 bits per heavy atom. The van der Waals surface area contributed by atoms with E-state index in [0.717, 1.165) is 37.9 Å². The topological polar surface area (TPSA) is 123 Å². The number of pyridine rings is 1. The number of esters is 1. The minimum atomic E-state index is -3.52. The Bertz CT molecular complexity index is 1910. The number of carbonyl (C=O) groups excluding carboxylic acids is 1. The van der Waals surface area contributed by atoms with Gasteiger partial charge >= 0.3 is 5.97 Å². The number of fused-ring (bicyclic) bond motifs is 3. The molecular formula is C31H33Cl2N5O5S2.